The third-order valence-corrected chi connectivity index (χ3v) is 1.50. The van der Waals surface area contributed by atoms with Crippen molar-refractivity contribution in [2.75, 3.05) is 7.11 Å². The fraction of sp³-hybridized carbons (Fsp3) is 0.286. The van der Waals surface area contributed by atoms with E-state index in [1.807, 2.05) is 0 Å². The number of H-pyrrole nitrogens is 1. The normalized spacial score (nSPS) is 12.5. The lowest BCUT2D eigenvalue weighted by atomic mass is 10.2. The summed E-state index contributed by atoms with van der Waals surface area (Å²) in [5.41, 5.74) is 5.75. The van der Waals surface area contributed by atoms with Gasteiger partial charge in [0.1, 0.15) is 6.04 Å². The molecule has 0 bridgehead atoms. The predicted octanol–water partition coefficient (Wildman–Crippen LogP) is 0.108. The van der Waals surface area contributed by atoms with Gasteiger partial charge in [-0.2, -0.15) is 0 Å². The molecular formula is C7H10N2O3. The molecule has 0 saturated heterocycles. The molecular weight excluding hydrogens is 160 g/mol. The molecule has 0 radical (unpaired) electrons. The first-order valence-corrected chi connectivity index (χ1v) is 3.36. The number of methoxy groups -OCH3 is 1. The average Bonchev–Trinajstić information content (AvgIpc) is 2.50. The van der Waals surface area contributed by atoms with Crippen LogP contribution in [0.25, 0.3) is 0 Å². The summed E-state index contributed by atoms with van der Waals surface area (Å²) >= 11 is 0. The highest BCUT2D eigenvalue weighted by Gasteiger charge is 2.15. The Morgan fingerprint density at radius 3 is 2.83 bits per heavy atom. The highest BCUT2D eigenvalue weighted by Crippen LogP contribution is 2.14. The third kappa shape index (κ3) is 1.57. The van der Waals surface area contributed by atoms with Gasteiger partial charge in [0.25, 0.3) is 0 Å². The maximum atomic E-state index is 10.4. The molecule has 1 unspecified atom stereocenters. The van der Waals surface area contributed by atoms with Crippen LogP contribution in [0.15, 0.2) is 12.1 Å². The van der Waals surface area contributed by atoms with Crippen LogP contribution in [0.1, 0.15) is 11.7 Å². The lowest BCUT2D eigenvalue weighted by molar-refractivity contribution is -0.138. The van der Waals surface area contributed by atoms with Gasteiger partial charge in [-0.3, -0.25) is 4.79 Å². The molecule has 4 N–H and O–H groups in total. The van der Waals surface area contributed by atoms with E-state index in [-0.39, 0.29) is 0 Å². The first-order chi connectivity index (χ1) is 5.65. The molecule has 0 aliphatic carbocycles. The van der Waals surface area contributed by atoms with Gasteiger partial charge in [0, 0.05) is 5.69 Å². The molecule has 1 rings (SSSR count). The van der Waals surface area contributed by atoms with Crippen LogP contribution in [0, 0.1) is 0 Å². The predicted molar refractivity (Wildman–Crippen MR) is 41.9 cm³/mol. The van der Waals surface area contributed by atoms with E-state index in [1.54, 1.807) is 12.1 Å². The van der Waals surface area contributed by atoms with Crippen LogP contribution in [0.2, 0.25) is 0 Å². The third-order valence-electron chi connectivity index (χ3n) is 1.50. The van der Waals surface area contributed by atoms with Gasteiger partial charge in [-0.25, -0.2) is 0 Å². The zero-order valence-electron chi connectivity index (χ0n) is 6.57. The summed E-state index contributed by atoms with van der Waals surface area (Å²) in [5, 5.41) is 8.53. The van der Waals surface area contributed by atoms with E-state index in [0.717, 1.165) is 0 Å². The number of hydrogen-bond donors (Lipinski definition) is 3. The fourth-order valence-corrected chi connectivity index (χ4v) is 0.825. The molecule has 0 fully saturated rings. The molecule has 1 aromatic rings. The van der Waals surface area contributed by atoms with Gasteiger partial charge in [-0.1, -0.05) is 0 Å². The van der Waals surface area contributed by atoms with E-state index in [9.17, 15) is 4.79 Å². The summed E-state index contributed by atoms with van der Waals surface area (Å²) in [6, 6.07) is 2.18. The molecule has 1 atom stereocenters. The Labute approximate surface area is 69.1 Å². The number of nitrogens with two attached hydrogens (primary N) is 1. The van der Waals surface area contributed by atoms with Crippen LogP contribution in [0.3, 0.4) is 0 Å². The van der Waals surface area contributed by atoms with Gasteiger partial charge >= 0.3 is 5.97 Å². The Hall–Kier alpha value is -1.49. The molecule has 0 saturated carbocycles. The van der Waals surface area contributed by atoms with Gasteiger partial charge in [0.05, 0.1) is 7.11 Å². The Bertz CT molecular complexity index is 282. The Kier molecular flexibility index (Phi) is 2.35. The van der Waals surface area contributed by atoms with Crippen molar-refractivity contribution in [2.45, 2.75) is 6.04 Å². The second kappa shape index (κ2) is 3.27. The number of aromatic nitrogens is 1. The van der Waals surface area contributed by atoms with Crippen LogP contribution < -0.4 is 10.5 Å². The molecule has 12 heavy (non-hydrogen) atoms. The number of hydrogen-bond acceptors (Lipinski definition) is 3. The summed E-state index contributed by atoms with van der Waals surface area (Å²) in [5.74, 6) is -0.568. The molecule has 0 amide bonds. The van der Waals surface area contributed by atoms with Crippen LogP contribution in [0.5, 0.6) is 5.88 Å². The van der Waals surface area contributed by atoms with Crippen molar-refractivity contribution in [3.05, 3.63) is 17.8 Å². The van der Waals surface area contributed by atoms with E-state index in [4.69, 9.17) is 15.6 Å². The van der Waals surface area contributed by atoms with Gasteiger partial charge in [0.2, 0.25) is 0 Å². The standard InChI is InChI=1S/C7H10N2O3/c1-12-5-3-2-4(9-5)6(8)7(10)11/h2-3,6,9H,8H2,1H3,(H,10,11). The van der Waals surface area contributed by atoms with Crippen molar-refractivity contribution in [1.29, 1.82) is 0 Å². The quantitative estimate of drug-likeness (QED) is 0.600. The zero-order valence-corrected chi connectivity index (χ0v) is 6.57. The highest BCUT2D eigenvalue weighted by atomic mass is 16.5. The van der Waals surface area contributed by atoms with Gasteiger partial charge < -0.3 is 20.6 Å². The lowest BCUT2D eigenvalue weighted by Crippen LogP contribution is -2.20. The maximum Gasteiger partial charge on any atom is 0.326 e. The Morgan fingerprint density at radius 1 is 1.75 bits per heavy atom. The number of carboxylic acids is 1. The van der Waals surface area contributed by atoms with E-state index in [2.05, 4.69) is 4.98 Å². The van der Waals surface area contributed by atoms with Gasteiger partial charge in [-0.05, 0) is 12.1 Å². The first kappa shape index (κ1) is 8.61. The second-order valence-corrected chi connectivity index (χ2v) is 2.30. The topological polar surface area (TPSA) is 88.3 Å². The molecule has 0 aliphatic rings. The molecule has 5 heteroatoms. The largest absolute Gasteiger partial charge is 0.482 e. The minimum absolute atomic E-state index is 0.430. The van der Waals surface area contributed by atoms with Gasteiger partial charge in [0.15, 0.2) is 5.88 Å². The average molecular weight is 170 g/mol. The summed E-state index contributed by atoms with van der Waals surface area (Å²) in [7, 11) is 1.49. The van der Waals surface area contributed by atoms with E-state index >= 15 is 0 Å². The summed E-state index contributed by atoms with van der Waals surface area (Å²) < 4.78 is 4.82. The van der Waals surface area contributed by atoms with Crippen molar-refractivity contribution < 1.29 is 14.6 Å². The highest BCUT2D eigenvalue weighted by molar-refractivity contribution is 5.74. The summed E-state index contributed by atoms with van der Waals surface area (Å²) in [6.45, 7) is 0. The molecule has 1 heterocycles. The number of aliphatic carboxylic acids is 1. The number of nitrogens with one attached hydrogen (secondary N) is 1. The van der Waals surface area contributed by atoms with Crippen LogP contribution in [-0.4, -0.2) is 23.2 Å². The lowest BCUT2D eigenvalue weighted by Gasteiger charge is -2.02. The van der Waals surface area contributed by atoms with Crippen molar-refractivity contribution in [3.8, 4) is 5.88 Å². The van der Waals surface area contributed by atoms with Crippen molar-refractivity contribution in [1.82, 2.24) is 4.98 Å². The van der Waals surface area contributed by atoms with Gasteiger partial charge in [-0.15, -0.1) is 0 Å². The maximum absolute atomic E-state index is 10.4. The fourth-order valence-electron chi connectivity index (χ4n) is 0.825. The van der Waals surface area contributed by atoms with Crippen LogP contribution in [-0.2, 0) is 4.79 Å². The van der Waals surface area contributed by atoms with E-state index in [0.29, 0.717) is 11.6 Å². The Morgan fingerprint density at radius 2 is 2.42 bits per heavy atom. The molecule has 66 valence electrons. The molecule has 5 nitrogen and oxygen atoms in total. The number of carbonyl (C=O) groups is 1. The number of rotatable bonds is 3. The SMILES string of the molecule is COc1ccc(C(N)C(=O)O)[nH]1. The minimum Gasteiger partial charge on any atom is -0.482 e. The van der Waals surface area contributed by atoms with Crippen molar-refractivity contribution in [3.63, 3.8) is 0 Å². The molecule has 1 aromatic heterocycles. The minimum atomic E-state index is -1.07. The van der Waals surface area contributed by atoms with Crippen LogP contribution in [0.4, 0.5) is 0 Å². The monoisotopic (exact) mass is 170 g/mol. The number of carboxylic acid groups (broad SMARTS) is 1. The molecule has 0 aliphatic heterocycles. The zero-order chi connectivity index (χ0) is 9.14. The molecule has 0 spiro atoms. The second-order valence-electron chi connectivity index (χ2n) is 2.30. The summed E-state index contributed by atoms with van der Waals surface area (Å²) in [4.78, 5) is 13.1. The van der Waals surface area contributed by atoms with Crippen molar-refractivity contribution >= 4 is 5.97 Å². The molecule has 0 aromatic carbocycles. The number of aromatic amines is 1. The summed E-state index contributed by atoms with van der Waals surface area (Å²) in [6.07, 6.45) is 0. The number of ether oxygens (including phenoxy) is 1. The van der Waals surface area contributed by atoms with Crippen molar-refractivity contribution in [2.24, 2.45) is 5.73 Å². The van der Waals surface area contributed by atoms with E-state index in [1.165, 1.54) is 7.11 Å². The Balaban J connectivity index is 2.81. The van der Waals surface area contributed by atoms with Crippen LogP contribution >= 0.6 is 0 Å². The first-order valence-electron chi connectivity index (χ1n) is 3.36. The smallest absolute Gasteiger partial charge is 0.326 e. The van der Waals surface area contributed by atoms with E-state index < -0.39 is 12.0 Å².